The Kier molecular flexibility index (Phi) is 11.4. The van der Waals surface area contributed by atoms with Crippen LogP contribution in [0.5, 0.6) is 5.75 Å². The van der Waals surface area contributed by atoms with Gasteiger partial charge in [-0.25, -0.2) is 18.1 Å². The van der Waals surface area contributed by atoms with Crippen molar-refractivity contribution in [2.24, 2.45) is 0 Å². The smallest absolute Gasteiger partial charge is 0.403 e. The van der Waals surface area contributed by atoms with E-state index >= 15 is 0 Å². The fourth-order valence-corrected chi connectivity index (χ4v) is 4.83. The number of rotatable bonds is 5. The van der Waals surface area contributed by atoms with Gasteiger partial charge in [-0.05, 0) is 36.4 Å². The third kappa shape index (κ3) is 8.49. The molecular formula is C26H10Cl2F20N4O. The lowest BCUT2D eigenvalue weighted by atomic mass is 9.92. The minimum atomic E-state index is -6.58. The molecule has 2 aromatic heterocycles. The summed E-state index contributed by atoms with van der Waals surface area (Å²) >= 11 is 11.0. The summed E-state index contributed by atoms with van der Waals surface area (Å²) in [7, 11) is 0. The topological polar surface area (TPSA) is 44.9 Å². The largest absolute Gasteiger partial charge is 0.573 e. The second-order valence-corrected chi connectivity index (χ2v) is 10.7. The third-order valence-electron chi connectivity index (χ3n) is 6.45. The van der Waals surface area contributed by atoms with Crippen molar-refractivity contribution < 1.29 is 92.5 Å². The zero-order valence-electron chi connectivity index (χ0n) is 24.3. The Morgan fingerprint density at radius 3 is 1.17 bits per heavy atom. The van der Waals surface area contributed by atoms with Gasteiger partial charge in [0.2, 0.25) is 0 Å². The predicted molar refractivity (Wildman–Crippen MR) is 139 cm³/mol. The number of benzene rings is 2. The first-order valence-corrected chi connectivity index (χ1v) is 13.6. The summed E-state index contributed by atoms with van der Waals surface area (Å²) < 4.78 is 264. The molecule has 0 amide bonds. The van der Waals surface area contributed by atoms with Crippen LogP contribution in [0, 0.1) is 0 Å². The molecule has 294 valence electrons. The average Bonchev–Trinajstić information content (AvgIpc) is 3.67. The molecule has 0 fully saturated rings. The molecule has 0 unspecified atom stereocenters. The normalized spacial score (nSPS) is 13.8. The highest BCUT2D eigenvalue weighted by molar-refractivity contribution is 6.33. The summed E-state index contributed by atoms with van der Waals surface area (Å²) in [6.07, 6.45) is -33.3. The number of nitrogens with zero attached hydrogens (tertiary/aromatic N) is 4. The number of aromatic nitrogens is 4. The Bertz CT molecular complexity index is 1850. The third-order valence-corrected chi connectivity index (χ3v) is 7.02. The highest BCUT2D eigenvalue weighted by atomic mass is 35.5. The van der Waals surface area contributed by atoms with Crippen molar-refractivity contribution in [3.05, 3.63) is 87.9 Å². The summed E-state index contributed by atoms with van der Waals surface area (Å²) in [5, 5.41) is 4.59. The summed E-state index contributed by atoms with van der Waals surface area (Å²) in [5.41, 5.74) is -20.5. The molecular weight excluding hydrogens is 835 g/mol. The Balaban J connectivity index is 0.000000286. The van der Waals surface area contributed by atoms with E-state index in [1.807, 2.05) is 0 Å². The zero-order valence-corrected chi connectivity index (χ0v) is 25.8. The highest BCUT2D eigenvalue weighted by Crippen LogP contribution is 2.56. The average molecular weight is 845 g/mol. The van der Waals surface area contributed by atoms with Crippen LogP contribution in [0.15, 0.2) is 61.2 Å². The van der Waals surface area contributed by atoms with Gasteiger partial charge in [0.05, 0.1) is 21.3 Å². The standard InChI is InChI=1S/C13H5ClF10N2O.C13H5ClF10N2/c14-7-4-6(10(15,11(16,17)18)12(19,20)21)5-8(27-13(22,23)24)9(7)26-3-1-2-25-26;14-8-5-6(10(15,12(19,20)21)13(22,23)24)4-7(11(16,17)18)9(8)26-3-1-2-25-26/h1-5H;1-5H. The van der Waals surface area contributed by atoms with Gasteiger partial charge >= 0.3 is 48.6 Å². The predicted octanol–water partition coefficient (Wildman–Crippen LogP) is 11.5. The van der Waals surface area contributed by atoms with Crippen molar-refractivity contribution >= 4 is 23.2 Å². The van der Waals surface area contributed by atoms with Gasteiger partial charge in [-0.1, -0.05) is 23.2 Å². The molecule has 0 saturated heterocycles. The van der Waals surface area contributed by atoms with Gasteiger partial charge in [-0.15, -0.1) is 13.2 Å². The number of halogens is 22. The lowest BCUT2D eigenvalue weighted by Gasteiger charge is -2.31. The minimum absolute atomic E-state index is 0.0945. The van der Waals surface area contributed by atoms with Crippen LogP contribution >= 0.6 is 23.2 Å². The van der Waals surface area contributed by atoms with E-state index in [-0.39, 0.29) is 18.2 Å². The van der Waals surface area contributed by atoms with E-state index in [1.54, 1.807) is 0 Å². The van der Waals surface area contributed by atoms with Crippen LogP contribution in [0.3, 0.4) is 0 Å². The van der Waals surface area contributed by atoms with E-state index < -0.39 is 98.5 Å². The molecule has 0 spiro atoms. The first-order chi connectivity index (χ1) is 23.7. The summed E-state index contributed by atoms with van der Waals surface area (Å²) in [6.45, 7) is 0. The van der Waals surface area contributed by atoms with Gasteiger partial charge in [0.1, 0.15) is 5.69 Å². The molecule has 0 radical (unpaired) electrons. The maximum absolute atomic E-state index is 14.1. The molecule has 0 bridgehead atoms. The van der Waals surface area contributed by atoms with E-state index in [0.717, 1.165) is 30.9 Å². The SMILES string of the molecule is FC(F)(F)Oc1cc(C(F)(C(F)(F)F)C(F)(F)F)cc(Cl)c1-n1cccn1.FC(F)(F)c1cc(C(F)(C(F)(F)F)C(F)(F)F)cc(Cl)c1-n1cccn1. The summed E-state index contributed by atoms with van der Waals surface area (Å²) in [4.78, 5) is 0. The molecule has 0 atom stereocenters. The van der Waals surface area contributed by atoms with Crippen LogP contribution < -0.4 is 4.74 Å². The van der Waals surface area contributed by atoms with Gasteiger partial charge < -0.3 is 4.74 Å². The summed E-state index contributed by atoms with van der Waals surface area (Å²) in [5.74, 6) is -1.61. The van der Waals surface area contributed by atoms with Gasteiger partial charge in [0, 0.05) is 35.9 Å². The van der Waals surface area contributed by atoms with Crippen LogP contribution in [0.25, 0.3) is 11.4 Å². The Morgan fingerprint density at radius 1 is 0.491 bits per heavy atom. The van der Waals surface area contributed by atoms with Crippen molar-refractivity contribution in [2.75, 3.05) is 0 Å². The van der Waals surface area contributed by atoms with Crippen molar-refractivity contribution in [3.8, 4) is 17.1 Å². The van der Waals surface area contributed by atoms with Crippen LogP contribution in [0.2, 0.25) is 10.0 Å². The van der Waals surface area contributed by atoms with Crippen molar-refractivity contribution in [2.45, 2.75) is 48.6 Å². The Labute approximate surface area is 289 Å². The van der Waals surface area contributed by atoms with E-state index in [0.29, 0.717) is 9.36 Å². The molecule has 0 aliphatic heterocycles. The van der Waals surface area contributed by atoms with Gasteiger partial charge in [-0.2, -0.15) is 76.1 Å². The fourth-order valence-electron chi connectivity index (χ4n) is 4.22. The monoisotopic (exact) mass is 844 g/mol. The first kappa shape index (κ1) is 43.2. The van der Waals surface area contributed by atoms with Crippen LogP contribution in [0.4, 0.5) is 87.8 Å². The molecule has 2 heterocycles. The quantitative estimate of drug-likeness (QED) is 0.188. The minimum Gasteiger partial charge on any atom is -0.403 e. The molecule has 53 heavy (non-hydrogen) atoms. The van der Waals surface area contributed by atoms with Crippen LogP contribution in [0.1, 0.15) is 16.7 Å². The molecule has 27 heteroatoms. The molecule has 0 aliphatic carbocycles. The van der Waals surface area contributed by atoms with E-state index in [1.165, 1.54) is 6.07 Å². The highest BCUT2D eigenvalue weighted by Gasteiger charge is 2.75. The maximum atomic E-state index is 14.1. The van der Waals surface area contributed by atoms with Crippen molar-refractivity contribution in [3.63, 3.8) is 0 Å². The van der Waals surface area contributed by atoms with Crippen LogP contribution in [-0.4, -0.2) is 50.6 Å². The first-order valence-electron chi connectivity index (χ1n) is 12.8. The van der Waals surface area contributed by atoms with Gasteiger partial charge in [-0.3, -0.25) is 0 Å². The van der Waals surface area contributed by atoms with Gasteiger partial charge in [0.15, 0.2) is 5.75 Å². The number of alkyl halides is 20. The second-order valence-electron chi connectivity index (χ2n) is 9.91. The molecule has 0 N–H and O–H groups in total. The van der Waals surface area contributed by atoms with Crippen LogP contribution in [-0.2, 0) is 17.5 Å². The molecule has 0 aliphatic rings. The Hall–Kier alpha value is -4.16. The van der Waals surface area contributed by atoms with E-state index in [4.69, 9.17) is 23.2 Å². The molecule has 5 nitrogen and oxygen atoms in total. The van der Waals surface area contributed by atoms with Gasteiger partial charge in [0.25, 0.3) is 0 Å². The molecule has 0 saturated carbocycles. The number of hydrogen-bond donors (Lipinski definition) is 0. The maximum Gasteiger partial charge on any atom is 0.573 e. The second kappa shape index (κ2) is 13.9. The number of ether oxygens (including phenoxy) is 1. The van der Waals surface area contributed by atoms with Crippen molar-refractivity contribution in [1.82, 2.24) is 19.6 Å². The summed E-state index contributed by atoms with van der Waals surface area (Å²) in [6, 6.07) is 1.10. The molecule has 4 aromatic rings. The van der Waals surface area contributed by atoms with E-state index in [9.17, 15) is 87.8 Å². The molecule has 4 rings (SSSR count). The lowest BCUT2D eigenvalue weighted by Crippen LogP contribution is -2.50. The molecule has 2 aromatic carbocycles. The van der Waals surface area contributed by atoms with Crippen molar-refractivity contribution in [1.29, 1.82) is 0 Å². The lowest BCUT2D eigenvalue weighted by molar-refractivity contribution is -0.349. The Morgan fingerprint density at radius 2 is 0.849 bits per heavy atom. The fraction of sp³-hybridized carbons (Fsp3) is 0.308. The zero-order chi connectivity index (χ0) is 41.0. The van der Waals surface area contributed by atoms with E-state index in [2.05, 4.69) is 14.9 Å². The number of hydrogen-bond acceptors (Lipinski definition) is 3.